The van der Waals surface area contributed by atoms with Gasteiger partial charge in [0, 0.05) is 31.6 Å². The Labute approximate surface area is 199 Å². The average Bonchev–Trinajstić information content (AvgIpc) is 3.45. The smallest absolute Gasteiger partial charge is 0.337 e. The molecule has 178 valence electrons. The predicted octanol–water partition coefficient (Wildman–Crippen LogP) is 4.44. The van der Waals surface area contributed by atoms with Gasteiger partial charge in [0.25, 0.3) is 0 Å². The summed E-state index contributed by atoms with van der Waals surface area (Å²) in [6.45, 7) is 6.42. The van der Waals surface area contributed by atoms with Crippen LogP contribution >= 0.6 is 0 Å². The Morgan fingerprint density at radius 1 is 1.12 bits per heavy atom. The van der Waals surface area contributed by atoms with Crippen molar-refractivity contribution in [2.75, 3.05) is 26.1 Å². The number of anilines is 1. The largest absolute Gasteiger partial charge is 0.467 e. The molecule has 0 saturated carbocycles. The van der Waals surface area contributed by atoms with E-state index in [1.54, 1.807) is 13.8 Å². The van der Waals surface area contributed by atoms with Crippen LogP contribution in [0.4, 0.5) is 5.69 Å². The number of fused-ring (bicyclic) bond motifs is 1. The monoisotopic (exact) mass is 461 g/mol. The predicted molar refractivity (Wildman–Crippen MR) is 133 cm³/mol. The fraction of sp³-hybridized carbons (Fsp3) is 0.346. The molecule has 8 nitrogen and oxygen atoms in total. The van der Waals surface area contributed by atoms with Gasteiger partial charge in [-0.05, 0) is 45.0 Å². The zero-order valence-electron chi connectivity index (χ0n) is 20.6. The van der Waals surface area contributed by atoms with Crippen LogP contribution in [0, 0.1) is 0 Å². The second-order valence-electron chi connectivity index (χ2n) is 8.84. The highest BCUT2D eigenvalue weighted by atomic mass is 16.6. The second-order valence-corrected chi connectivity index (χ2v) is 8.84. The quantitative estimate of drug-likeness (QED) is 0.361. The maximum atomic E-state index is 12.1. The molecule has 0 spiro atoms. The lowest BCUT2D eigenvalue weighted by atomic mass is 10.1. The van der Waals surface area contributed by atoms with E-state index >= 15 is 0 Å². The van der Waals surface area contributed by atoms with Crippen LogP contribution in [0.1, 0.15) is 26.5 Å². The normalized spacial score (nSPS) is 11.7. The standard InChI is InChI=1S/C26H31N5O3/c1-7-30-23-14-18(12-13-19(23)16-27-30)24-15-20(17-34-26(2,3)25(32)33-6)28-31(24)22-11-9-8-10-21(22)29(4)5/h8-16H,7,17H2,1-6H3. The van der Waals surface area contributed by atoms with E-state index in [-0.39, 0.29) is 6.61 Å². The van der Waals surface area contributed by atoms with Gasteiger partial charge in [0.1, 0.15) is 0 Å². The van der Waals surface area contributed by atoms with Crippen LogP contribution in [-0.2, 0) is 27.4 Å². The Balaban J connectivity index is 1.82. The van der Waals surface area contributed by atoms with Gasteiger partial charge in [-0.2, -0.15) is 10.2 Å². The third-order valence-corrected chi connectivity index (χ3v) is 5.85. The first kappa shape index (κ1) is 23.5. The van der Waals surface area contributed by atoms with E-state index in [0.717, 1.165) is 40.1 Å². The summed E-state index contributed by atoms with van der Waals surface area (Å²) in [4.78, 5) is 14.1. The average molecular weight is 462 g/mol. The molecule has 0 bridgehead atoms. The zero-order chi connectivity index (χ0) is 24.5. The summed E-state index contributed by atoms with van der Waals surface area (Å²) >= 11 is 0. The first-order valence-electron chi connectivity index (χ1n) is 11.3. The first-order chi connectivity index (χ1) is 16.2. The number of methoxy groups -OCH3 is 1. The summed E-state index contributed by atoms with van der Waals surface area (Å²) in [5.41, 5.74) is 4.63. The minimum absolute atomic E-state index is 0.168. The number of carbonyl (C=O) groups excluding carboxylic acids is 1. The van der Waals surface area contributed by atoms with Crippen molar-refractivity contribution >= 4 is 22.6 Å². The lowest BCUT2D eigenvalue weighted by Crippen LogP contribution is -2.35. The van der Waals surface area contributed by atoms with Gasteiger partial charge in [-0.15, -0.1) is 0 Å². The highest BCUT2D eigenvalue weighted by molar-refractivity contribution is 5.84. The highest BCUT2D eigenvalue weighted by Crippen LogP contribution is 2.31. The Hall–Kier alpha value is -3.65. The van der Waals surface area contributed by atoms with Crippen LogP contribution < -0.4 is 4.90 Å². The summed E-state index contributed by atoms with van der Waals surface area (Å²) in [5.74, 6) is -0.427. The Morgan fingerprint density at radius 3 is 2.59 bits per heavy atom. The molecule has 0 fully saturated rings. The van der Waals surface area contributed by atoms with E-state index in [9.17, 15) is 4.79 Å². The maximum Gasteiger partial charge on any atom is 0.337 e. The number of carbonyl (C=O) groups is 1. The van der Waals surface area contributed by atoms with E-state index in [1.165, 1.54) is 7.11 Å². The van der Waals surface area contributed by atoms with Crippen LogP contribution in [-0.4, -0.2) is 52.3 Å². The number of hydrogen-bond acceptors (Lipinski definition) is 6. The molecule has 0 unspecified atom stereocenters. The van der Waals surface area contributed by atoms with Gasteiger partial charge >= 0.3 is 5.97 Å². The topological polar surface area (TPSA) is 74.4 Å². The molecule has 34 heavy (non-hydrogen) atoms. The summed E-state index contributed by atoms with van der Waals surface area (Å²) < 4.78 is 14.7. The molecule has 4 aromatic rings. The van der Waals surface area contributed by atoms with E-state index in [2.05, 4.69) is 41.2 Å². The molecular weight excluding hydrogens is 430 g/mol. The number of ether oxygens (including phenoxy) is 2. The third-order valence-electron chi connectivity index (χ3n) is 5.85. The molecule has 0 N–H and O–H groups in total. The van der Waals surface area contributed by atoms with E-state index in [4.69, 9.17) is 14.6 Å². The number of para-hydroxylation sites is 2. The van der Waals surface area contributed by atoms with Gasteiger partial charge < -0.3 is 14.4 Å². The minimum Gasteiger partial charge on any atom is -0.467 e. The van der Waals surface area contributed by atoms with Crippen molar-refractivity contribution in [2.45, 2.75) is 39.5 Å². The Morgan fingerprint density at radius 2 is 1.88 bits per heavy atom. The van der Waals surface area contributed by atoms with Gasteiger partial charge in [-0.3, -0.25) is 4.68 Å². The molecule has 0 amide bonds. The van der Waals surface area contributed by atoms with Crippen LogP contribution in [0.15, 0.2) is 54.7 Å². The summed E-state index contributed by atoms with van der Waals surface area (Å²) in [7, 11) is 5.38. The molecule has 2 aromatic heterocycles. The van der Waals surface area contributed by atoms with Gasteiger partial charge in [0.05, 0.1) is 48.2 Å². The van der Waals surface area contributed by atoms with Crippen molar-refractivity contribution in [3.05, 3.63) is 60.4 Å². The van der Waals surface area contributed by atoms with Crippen molar-refractivity contribution in [1.82, 2.24) is 19.6 Å². The number of benzene rings is 2. The maximum absolute atomic E-state index is 12.1. The molecule has 0 atom stereocenters. The van der Waals surface area contributed by atoms with Crippen molar-refractivity contribution in [2.24, 2.45) is 0 Å². The molecule has 2 aromatic carbocycles. The summed E-state index contributed by atoms with van der Waals surface area (Å²) in [6.07, 6.45) is 1.88. The van der Waals surface area contributed by atoms with Crippen LogP contribution in [0.25, 0.3) is 27.8 Å². The number of rotatable bonds is 8. The molecule has 2 heterocycles. The van der Waals surface area contributed by atoms with Gasteiger partial charge in [-0.25, -0.2) is 9.48 Å². The molecule has 4 rings (SSSR count). The van der Waals surface area contributed by atoms with Crippen molar-refractivity contribution < 1.29 is 14.3 Å². The van der Waals surface area contributed by atoms with Gasteiger partial charge in [0.2, 0.25) is 0 Å². The van der Waals surface area contributed by atoms with Crippen molar-refractivity contribution in [1.29, 1.82) is 0 Å². The van der Waals surface area contributed by atoms with E-state index in [1.807, 2.05) is 53.9 Å². The van der Waals surface area contributed by atoms with Crippen LogP contribution in [0.2, 0.25) is 0 Å². The van der Waals surface area contributed by atoms with E-state index in [0.29, 0.717) is 5.69 Å². The van der Waals surface area contributed by atoms with E-state index < -0.39 is 11.6 Å². The first-order valence-corrected chi connectivity index (χ1v) is 11.3. The summed E-state index contributed by atoms with van der Waals surface area (Å²) in [5, 5.41) is 10.5. The lowest BCUT2D eigenvalue weighted by Gasteiger charge is -2.21. The van der Waals surface area contributed by atoms with Gasteiger partial charge in [0.15, 0.2) is 5.60 Å². The molecule has 0 radical (unpaired) electrons. The molecule has 8 heteroatoms. The zero-order valence-corrected chi connectivity index (χ0v) is 20.6. The minimum atomic E-state index is -1.08. The number of esters is 1. The Kier molecular flexibility index (Phi) is 6.43. The van der Waals surface area contributed by atoms with Crippen molar-refractivity contribution in [3.8, 4) is 16.9 Å². The number of aromatic nitrogens is 4. The number of hydrogen-bond donors (Lipinski definition) is 0. The molecule has 0 aliphatic carbocycles. The molecule has 0 aliphatic heterocycles. The lowest BCUT2D eigenvalue weighted by molar-refractivity contribution is -0.166. The second kappa shape index (κ2) is 9.30. The van der Waals surface area contributed by atoms with Crippen molar-refractivity contribution in [3.63, 3.8) is 0 Å². The molecular formula is C26H31N5O3. The summed E-state index contributed by atoms with van der Waals surface area (Å²) in [6, 6.07) is 16.4. The third kappa shape index (κ3) is 4.41. The number of aryl methyl sites for hydroxylation is 1. The molecule has 0 aliphatic rings. The van der Waals surface area contributed by atoms with Gasteiger partial charge in [-0.1, -0.05) is 24.3 Å². The molecule has 0 saturated heterocycles. The van der Waals surface area contributed by atoms with Crippen LogP contribution in [0.5, 0.6) is 0 Å². The Bertz CT molecular complexity index is 1320. The fourth-order valence-electron chi connectivity index (χ4n) is 3.95. The van der Waals surface area contributed by atoms with Crippen LogP contribution in [0.3, 0.4) is 0 Å². The SMILES string of the molecule is CCn1ncc2ccc(-c3cc(COC(C)(C)C(=O)OC)nn3-c3ccccc3N(C)C)cc21. The highest BCUT2D eigenvalue weighted by Gasteiger charge is 2.30. The fourth-order valence-corrected chi connectivity index (χ4v) is 3.95. The number of nitrogens with zero attached hydrogens (tertiary/aromatic N) is 5.